The summed E-state index contributed by atoms with van der Waals surface area (Å²) in [6.45, 7) is 4.85. The van der Waals surface area contributed by atoms with Gasteiger partial charge in [-0.05, 0) is 25.0 Å². The standard InChI is InChI=1S/C10H16N2O2S2.ClH/c1-7-5-12(6-9(7)11)16(13,14)10-4-3-8(2)15-10;/h3-4,7,9H,5-6,11H2,1-2H3;1H. The highest BCUT2D eigenvalue weighted by molar-refractivity contribution is 7.91. The number of hydrogen-bond acceptors (Lipinski definition) is 4. The number of nitrogens with two attached hydrogens (primary N) is 1. The van der Waals surface area contributed by atoms with Crippen molar-refractivity contribution in [2.24, 2.45) is 11.7 Å². The molecule has 1 saturated heterocycles. The van der Waals surface area contributed by atoms with Gasteiger partial charge >= 0.3 is 0 Å². The lowest BCUT2D eigenvalue weighted by molar-refractivity contribution is 0.466. The molecule has 0 bridgehead atoms. The van der Waals surface area contributed by atoms with Crippen LogP contribution in [0.5, 0.6) is 0 Å². The van der Waals surface area contributed by atoms with Crippen molar-refractivity contribution in [1.29, 1.82) is 0 Å². The van der Waals surface area contributed by atoms with Gasteiger partial charge in [0, 0.05) is 24.0 Å². The third-order valence-corrected chi connectivity index (χ3v) is 6.25. The highest BCUT2D eigenvalue weighted by Gasteiger charge is 2.35. The van der Waals surface area contributed by atoms with Crippen molar-refractivity contribution in [3.8, 4) is 0 Å². The first-order chi connectivity index (χ1) is 7.41. The van der Waals surface area contributed by atoms with Crippen LogP contribution in [0, 0.1) is 12.8 Å². The molecule has 0 radical (unpaired) electrons. The SMILES string of the molecule is Cc1ccc(S(=O)(=O)N2CC(C)C(N)C2)s1.Cl. The number of rotatable bonds is 2. The van der Waals surface area contributed by atoms with Crippen LogP contribution < -0.4 is 5.73 Å². The Labute approximate surface area is 112 Å². The Morgan fingerprint density at radius 2 is 2.06 bits per heavy atom. The summed E-state index contributed by atoms with van der Waals surface area (Å²) >= 11 is 1.31. The zero-order valence-corrected chi connectivity index (χ0v) is 12.2. The highest BCUT2D eigenvalue weighted by Crippen LogP contribution is 2.28. The zero-order valence-electron chi connectivity index (χ0n) is 9.79. The molecule has 2 heterocycles. The second-order valence-electron chi connectivity index (χ2n) is 4.33. The Balaban J connectivity index is 0.00000144. The van der Waals surface area contributed by atoms with Crippen molar-refractivity contribution in [3.63, 3.8) is 0 Å². The van der Waals surface area contributed by atoms with E-state index in [1.165, 1.54) is 15.6 Å². The van der Waals surface area contributed by atoms with Gasteiger partial charge in [0.2, 0.25) is 0 Å². The normalized spacial score (nSPS) is 25.8. The van der Waals surface area contributed by atoms with Gasteiger partial charge in [-0.25, -0.2) is 8.42 Å². The van der Waals surface area contributed by atoms with E-state index in [0.717, 1.165) is 4.88 Å². The van der Waals surface area contributed by atoms with E-state index in [-0.39, 0.29) is 24.4 Å². The van der Waals surface area contributed by atoms with Gasteiger partial charge in [0.15, 0.2) is 0 Å². The maximum atomic E-state index is 12.2. The van der Waals surface area contributed by atoms with Crippen molar-refractivity contribution in [3.05, 3.63) is 17.0 Å². The molecule has 1 aliphatic heterocycles. The number of thiophene rings is 1. The molecule has 2 atom stereocenters. The molecule has 2 rings (SSSR count). The maximum absolute atomic E-state index is 12.2. The molecule has 7 heteroatoms. The molecule has 0 saturated carbocycles. The van der Waals surface area contributed by atoms with Gasteiger partial charge in [0.1, 0.15) is 4.21 Å². The Morgan fingerprint density at radius 1 is 1.41 bits per heavy atom. The van der Waals surface area contributed by atoms with Gasteiger partial charge in [0.25, 0.3) is 10.0 Å². The van der Waals surface area contributed by atoms with Crippen molar-refractivity contribution in [2.45, 2.75) is 24.1 Å². The summed E-state index contributed by atoms with van der Waals surface area (Å²) < 4.78 is 26.4. The van der Waals surface area contributed by atoms with Crippen LogP contribution in [0.4, 0.5) is 0 Å². The maximum Gasteiger partial charge on any atom is 0.252 e. The molecular formula is C10H17ClN2O2S2. The summed E-state index contributed by atoms with van der Waals surface area (Å²) in [5.41, 5.74) is 5.85. The molecule has 1 aliphatic rings. The molecular weight excluding hydrogens is 280 g/mol. The molecule has 0 aromatic carbocycles. The van der Waals surface area contributed by atoms with Gasteiger partial charge in [-0.1, -0.05) is 6.92 Å². The number of aryl methyl sites for hydroxylation is 1. The van der Waals surface area contributed by atoms with Crippen molar-refractivity contribution < 1.29 is 8.42 Å². The molecule has 1 fully saturated rings. The van der Waals surface area contributed by atoms with Crippen LogP contribution in [0.25, 0.3) is 0 Å². The molecule has 17 heavy (non-hydrogen) atoms. The second-order valence-corrected chi connectivity index (χ2v) is 7.78. The predicted molar refractivity (Wildman–Crippen MR) is 72.2 cm³/mol. The van der Waals surface area contributed by atoms with E-state index in [4.69, 9.17) is 5.73 Å². The monoisotopic (exact) mass is 296 g/mol. The second kappa shape index (κ2) is 5.24. The summed E-state index contributed by atoms with van der Waals surface area (Å²) in [6.07, 6.45) is 0. The first-order valence-corrected chi connectivity index (χ1v) is 7.49. The van der Waals surface area contributed by atoms with E-state index >= 15 is 0 Å². The first kappa shape index (κ1) is 14.9. The van der Waals surface area contributed by atoms with Crippen LogP contribution in [0.1, 0.15) is 11.8 Å². The lowest BCUT2D eigenvalue weighted by Crippen LogP contribution is -2.31. The molecule has 0 aliphatic carbocycles. The van der Waals surface area contributed by atoms with E-state index in [9.17, 15) is 8.42 Å². The Bertz CT molecular complexity index is 476. The Hall–Kier alpha value is -0.140. The fraction of sp³-hybridized carbons (Fsp3) is 0.600. The number of nitrogens with zero attached hydrogens (tertiary/aromatic N) is 1. The molecule has 2 unspecified atom stereocenters. The van der Waals surface area contributed by atoms with E-state index in [1.807, 2.05) is 19.9 Å². The first-order valence-electron chi connectivity index (χ1n) is 5.23. The quantitative estimate of drug-likeness (QED) is 0.898. The summed E-state index contributed by atoms with van der Waals surface area (Å²) in [6, 6.07) is 3.46. The summed E-state index contributed by atoms with van der Waals surface area (Å²) in [5, 5.41) is 0. The number of hydrogen-bond donors (Lipinski definition) is 1. The van der Waals surface area contributed by atoms with Gasteiger partial charge in [0.05, 0.1) is 0 Å². The third-order valence-electron chi connectivity index (χ3n) is 2.95. The van der Waals surface area contributed by atoms with E-state index in [0.29, 0.717) is 17.3 Å². The lowest BCUT2D eigenvalue weighted by atomic mass is 10.1. The molecule has 0 amide bonds. The van der Waals surface area contributed by atoms with E-state index in [1.54, 1.807) is 6.07 Å². The fourth-order valence-corrected chi connectivity index (χ4v) is 4.84. The predicted octanol–water partition coefficient (Wildman–Crippen LogP) is 1.45. The molecule has 4 nitrogen and oxygen atoms in total. The summed E-state index contributed by atoms with van der Waals surface area (Å²) in [4.78, 5) is 1.01. The van der Waals surface area contributed by atoms with Gasteiger partial charge < -0.3 is 5.73 Å². The smallest absolute Gasteiger partial charge is 0.252 e. The molecule has 1 aromatic heterocycles. The summed E-state index contributed by atoms with van der Waals surface area (Å²) in [7, 11) is -3.31. The van der Waals surface area contributed by atoms with Gasteiger partial charge in [-0.3, -0.25) is 0 Å². The largest absolute Gasteiger partial charge is 0.326 e. The number of halogens is 1. The zero-order chi connectivity index (χ0) is 11.9. The van der Waals surface area contributed by atoms with Crippen LogP contribution in [-0.4, -0.2) is 31.9 Å². The van der Waals surface area contributed by atoms with Crippen molar-refractivity contribution >= 4 is 33.8 Å². The Morgan fingerprint density at radius 3 is 2.47 bits per heavy atom. The van der Waals surface area contributed by atoms with Gasteiger partial charge in [-0.2, -0.15) is 4.31 Å². The summed E-state index contributed by atoms with van der Waals surface area (Å²) in [5.74, 6) is 0.232. The molecule has 2 N–H and O–H groups in total. The average molecular weight is 297 g/mol. The molecule has 0 spiro atoms. The minimum absolute atomic E-state index is 0. The van der Waals surface area contributed by atoms with Crippen LogP contribution in [0.2, 0.25) is 0 Å². The Kier molecular flexibility index (Phi) is 4.60. The van der Waals surface area contributed by atoms with Crippen LogP contribution in [0.15, 0.2) is 16.3 Å². The average Bonchev–Trinajstić information content (AvgIpc) is 2.75. The number of sulfonamides is 1. The minimum atomic E-state index is -3.31. The lowest BCUT2D eigenvalue weighted by Gasteiger charge is -2.14. The van der Waals surface area contributed by atoms with Gasteiger partial charge in [-0.15, -0.1) is 23.7 Å². The third kappa shape index (κ3) is 2.82. The molecule has 1 aromatic rings. The van der Waals surface area contributed by atoms with Crippen molar-refractivity contribution in [1.82, 2.24) is 4.31 Å². The van der Waals surface area contributed by atoms with E-state index < -0.39 is 10.0 Å². The highest BCUT2D eigenvalue weighted by atomic mass is 35.5. The molecule has 98 valence electrons. The van der Waals surface area contributed by atoms with Crippen molar-refractivity contribution in [2.75, 3.05) is 13.1 Å². The minimum Gasteiger partial charge on any atom is -0.326 e. The van der Waals surface area contributed by atoms with E-state index in [2.05, 4.69) is 0 Å². The van der Waals surface area contributed by atoms with Crippen LogP contribution >= 0.6 is 23.7 Å². The topological polar surface area (TPSA) is 63.4 Å². The fourth-order valence-electron chi connectivity index (χ4n) is 1.82. The van der Waals surface area contributed by atoms with Crippen LogP contribution in [0.3, 0.4) is 0 Å². The van der Waals surface area contributed by atoms with Crippen LogP contribution in [-0.2, 0) is 10.0 Å².